The molecule has 10 nitrogen and oxygen atoms in total. The van der Waals surface area contributed by atoms with Gasteiger partial charge in [-0.3, -0.25) is 4.79 Å². The van der Waals surface area contributed by atoms with Crippen molar-refractivity contribution in [1.29, 1.82) is 0 Å². The van der Waals surface area contributed by atoms with Crippen molar-refractivity contribution in [3.8, 4) is 0 Å². The van der Waals surface area contributed by atoms with Crippen molar-refractivity contribution in [2.75, 3.05) is 38.1 Å². The molecule has 2 aromatic heterocycles. The van der Waals surface area contributed by atoms with Crippen LogP contribution in [0, 0.1) is 6.92 Å². The number of rotatable bonds is 15. The van der Waals surface area contributed by atoms with Crippen LogP contribution in [0.2, 0.25) is 5.22 Å². The Morgan fingerprint density at radius 1 is 1.27 bits per heavy atom. The van der Waals surface area contributed by atoms with Gasteiger partial charge in [0, 0.05) is 25.3 Å². The lowest BCUT2D eigenvalue weighted by atomic mass is 10.1. The molecule has 1 atom stereocenters. The molecule has 1 aliphatic heterocycles. The van der Waals surface area contributed by atoms with Crippen molar-refractivity contribution in [3.63, 3.8) is 0 Å². The molecule has 0 saturated heterocycles. The minimum Gasteiger partial charge on any atom is -0.480 e. The Labute approximate surface area is 223 Å². The summed E-state index contributed by atoms with van der Waals surface area (Å²) in [5, 5.41) is 19.1. The van der Waals surface area contributed by atoms with Gasteiger partial charge in [0.15, 0.2) is 0 Å². The molecule has 3 heterocycles. The van der Waals surface area contributed by atoms with E-state index in [9.17, 15) is 14.7 Å². The SMILES string of the molecule is Cc1noc(Cl)c1C(=O)N[C@@H](CCN(CCCCc1ccc2c(n1)NCCC2)CCOC(C)C)C(=O)O. The van der Waals surface area contributed by atoms with Gasteiger partial charge in [-0.2, -0.15) is 0 Å². The van der Waals surface area contributed by atoms with Gasteiger partial charge in [-0.15, -0.1) is 0 Å². The summed E-state index contributed by atoms with van der Waals surface area (Å²) in [6, 6.07) is 3.22. The standard InChI is InChI=1S/C26H38ClN5O5/c1-17(2)36-16-15-32(13-5-4-8-20-10-9-19-7-6-12-28-24(19)29-20)14-11-21(26(34)35)30-25(33)22-18(3)31-37-23(22)27/h9-10,17,21H,4-8,11-16H2,1-3H3,(H,28,29)(H,30,33)(H,34,35)/t21-/m0/s1. The summed E-state index contributed by atoms with van der Waals surface area (Å²) in [6.07, 6.45) is 5.37. The molecule has 3 rings (SSSR count). The van der Waals surface area contributed by atoms with Crippen LogP contribution in [0.5, 0.6) is 0 Å². The van der Waals surface area contributed by atoms with E-state index < -0.39 is 17.9 Å². The summed E-state index contributed by atoms with van der Waals surface area (Å²) in [5.41, 5.74) is 2.73. The maximum atomic E-state index is 12.6. The summed E-state index contributed by atoms with van der Waals surface area (Å²) in [5.74, 6) is -0.706. The Morgan fingerprint density at radius 2 is 2.08 bits per heavy atom. The molecule has 3 N–H and O–H groups in total. The smallest absolute Gasteiger partial charge is 0.326 e. The van der Waals surface area contributed by atoms with Crippen LogP contribution in [0.4, 0.5) is 5.82 Å². The third-order valence-corrected chi connectivity index (χ3v) is 6.61. The number of carboxylic acids is 1. The Balaban J connectivity index is 1.51. The minimum atomic E-state index is -1.11. The highest BCUT2D eigenvalue weighted by Crippen LogP contribution is 2.21. The van der Waals surface area contributed by atoms with Crippen LogP contribution >= 0.6 is 11.6 Å². The first-order chi connectivity index (χ1) is 17.7. The Kier molecular flexibility index (Phi) is 11.2. The first kappa shape index (κ1) is 28.9. The minimum absolute atomic E-state index is 0.0566. The normalized spacial score (nSPS) is 13.9. The van der Waals surface area contributed by atoms with Gasteiger partial charge < -0.3 is 29.9 Å². The number of amides is 1. The van der Waals surface area contributed by atoms with Crippen LogP contribution in [0.15, 0.2) is 16.7 Å². The quantitative estimate of drug-likeness (QED) is 0.292. The fourth-order valence-corrected chi connectivity index (χ4v) is 4.55. The highest BCUT2D eigenvalue weighted by Gasteiger charge is 2.26. The van der Waals surface area contributed by atoms with E-state index in [1.807, 2.05) is 13.8 Å². The van der Waals surface area contributed by atoms with Crippen molar-refractivity contribution >= 4 is 29.3 Å². The van der Waals surface area contributed by atoms with Crippen LogP contribution < -0.4 is 10.6 Å². The molecule has 0 aliphatic carbocycles. The van der Waals surface area contributed by atoms with Crippen LogP contribution in [-0.4, -0.2) is 77.0 Å². The Hall–Kier alpha value is -2.69. The van der Waals surface area contributed by atoms with Crippen LogP contribution in [-0.2, 0) is 22.4 Å². The fraction of sp³-hybridized carbons (Fsp3) is 0.615. The predicted octanol–water partition coefficient (Wildman–Crippen LogP) is 3.71. The van der Waals surface area contributed by atoms with E-state index >= 15 is 0 Å². The van der Waals surface area contributed by atoms with Crippen molar-refractivity contribution in [1.82, 2.24) is 20.4 Å². The second-order valence-electron chi connectivity index (χ2n) is 9.63. The van der Waals surface area contributed by atoms with Gasteiger partial charge in [-0.05, 0) is 89.1 Å². The molecule has 0 saturated carbocycles. The van der Waals surface area contributed by atoms with E-state index in [4.69, 9.17) is 25.8 Å². The third kappa shape index (κ3) is 8.98. The van der Waals surface area contributed by atoms with Gasteiger partial charge in [0.05, 0.1) is 18.4 Å². The molecule has 1 aliphatic rings. The predicted molar refractivity (Wildman–Crippen MR) is 141 cm³/mol. The second-order valence-corrected chi connectivity index (χ2v) is 9.97. The topological polar surface area (TPSA) is 130 Å². The number of fused-ring (bicyclic) bond motifs is 1. The van der Waals surface area contributed by atoms with E-state index in [0.717, 1.165) is 56.7 Å². The molecular formula is C26H38ClN5O5. The number of unbranched alkanes of at least 4 members (excludes halogenated alkanes) is 1. The van der Waals surface area contributed by atoms with Crippen LogP contribution in [0.25, 0.3) is 0 Å². The number of hydrogen-bond acceptors (Lipinski definition) is 8. The Bertz CT molecular complexity index is 1020. The number of carbonyl (C=O) groups is 2. The van der Waals surface area contributed by atoms with Gasteiger partial charge in [0.25, 0.3) is 5.91 Å². The Morgan fingerprint density at radius 3 is 2.78 bits per heavy atom. The maximum Gasteiger partial charge on any atom is 0.326 e. The number of nitrogens with zero attached hydrogens (tertiary/aromatic N) is 3. The highest BCUT2D eigenvalue weighted by atomic mass is 35.5. The molecule has 0 bridgehead atoms. The van der Waals surface area contributed by atoms with Crippen molar-refractivity contribution in [2.24, 2.45) is 0 Å². The van der Waals surface area contributed by atoms with Gasteiger partial charge in [0.1, 0.15) is 17.4 Å². The monoisotopic (exact) mass is 535 g/mol. The number of anilines is 1. The lowest BCUT2D eigenvalue weighted by Gasteiger charge is -2.25. The lowest BCUT2D eigenvalue weighted by molar-refractivity contribution is -0.139. The molecule has 37 heavy (non-hydrogen) atoms. The van der Waals surface area contributed by atoms with Gasteiger partial charge >= 0.3 is 5.97 Å². The molecule has 0 unspecified atom stereocenters. The summed E-state index contributed by atoms with van der Waals surface area (Å²) in [6.45, 7) is 9.03. The number of carbonyl (C=O) groups excluding carboxylic acids is 1. The largest absolute Gasteiger partial charge is 0.480 e. The zero-order chi connectivity index (χ0) is 26.8. The number of aromatic nitrogens is 2. The number of ether oxygens (including phenoxy) is 1. The van der Waals surface area contributed by atoms with Crippen LogP contribution in [0.3, 0.4) is 0 Å². The number of halogens is 1. The number of carboxylic acid groups (broad SMARTS) is 1. The molecule has 0 spiro atoms. The first-order valence-corrected chi connectivity index (χ1v) is 13.3. The zero-order valence-corrected chi connectivity index (χ0v) is 22.6. The average molecular weight is 536 g/mol. The summed E-state index contributed by atoms with van der Waals surface area (Å²) < 4.78 is 10.5. The summed E-state index contributed by atoms with van der Waals surface area (Å²) in [7, 11) is 0. The van der Waals surface area contributed by atoms with Gasteiger partial charge in [-0.25, -0.2) is 9.78 Å². The first-order valence-electron chi connectivity index (χ1n) is 13.0. The number of nitrogens with one attached hydrogen (secondary N) is 2. The average Bonchev–Trinajstić information content (AvgIpc) is 3.20. The zero-order valence-electron chi connectivity index (χ0n) is 21.9. The second kappa shape index (κ2) is 14.3. The number of pyridine rings is 1. The molecular weight excluding hydrogens is 498 g/mol. The molecule has 0 fully saturated rings. The summed E-state index contributed by atoms with van der Waals surface area (Å²) in [4.78, 5) is 31.4. The number of aryl methyl sites for hydroxylation is 3. The van der Waals surface area contributed by atoms with E-state index in [-0.39, 0.29) is 23.3 Å². The summed E-state index contributed by atoms with van der Waals surface area (Å²) >= 11 is 5.90. The van der Waals surface area contributed by atoms with Crippen molar-refractivity contribution in [3.05, 3.63) is 39.9 Å². The van der Waals surface area contributed by atoms with Gasteiger partial charge in [0.2, 0.25) is 5.22 Å². The molecule has 11 heteroatoms. The fourth-order valence-electron chi connectivity index (χ4n) is 4.30. The number of hydrogen-bond donors (Lipinski definition) is 3. The van der Waals surface area contributed by atoms with Crippen molar-refractivity contribution in [2.45, 2.75) is 71.4 Å². The van der Waals surface area contributed by atoms with Crippen LogP contribution in [0.1, 0.15) is 66.8 Å². The lowest BCUT2D eigenvalue weighted by Crippen LogP contribution is -2.43. The van der Waals surface area contributed by atoms with E-state index in [1.165, 1.54) is 5.56 Å². The highest BCUT2D eigenvalue weighted by molar-refractivity contribution is 6.32. The molecule has 0 radical (unpaired) electrons. The van der Waals surface area contributed by atoms with Gasteiger partial charge in [-0.1, -0.05) is 11.2 Å². The third-order valence-electron chi connectivity index (χ3n) is 6.35. The van der Waals surface area contributed by atoms with Crippen molar-refractivity contribution < 1.29 is 24.0 Å². The van der Waals surface area contributed by atoms with E-state index in [1.54, 1.807) is 6.92 Å². The maximum absolute atomic E-state index is 12.6. The number of aliphatic carboxylic acids is 1. The molecule has 204 valence electrons. The van der Waals surface area contributed by atoms with E-state index in [2.05, 4.69) is 32.8 Å². The molecule has 2 aromatic rings. The molecule has 0 aromatic carbocycles. The molecule has 1 amide bonds. The van der Waals surface area contributed by atoms with E-state index in [0.29, 0.717) is 25.4 Å².